The molecule has 3 heterocycles. The van der Waals surface area contributed by atoms with Gasteiger partial charge in [0, 0.05) is 5.75 Å². The first kappa shape index (κ1) is 23.2. The molecule has 150 valence electrons. The van der Waals surface area contributed by atoms with Gasteiger partial charge < -0.3 is 4.74 Å². The molecule has 3 aliphatic heterocycles. The van der Waals surface area contributed by atoms with Gasteiger partial charge in [0.25, 0.3) is 0 Å². The Hall–Kier alpha value is -0.830. The third-order valence-corrected chi connectivity index (χ3v) is 12.9. The minimum atomic E-state index is -3.52. The van der Waals surface area contributed by atoms with Crippen LogP contribution in [0, 0.1) is 0 Å². The normalized spacial score (nSPS) is 26.8. The maximum atomic E-state index is 10.7. The van der Waals surface area contributed by atoms with Crippen molar-refractivity contribution in [3.8, 4) is 0 Å². The van der Waals surface area contributed by atoms with Crippen LogP contribution >= 0.6 is 11.8 Å². The molecule has 0 aromatic carbocycles. The Morgan fingerprint density at radius 3 is 1.31 bits per heavy atom. The lowest BCUT2D eigenvalue weighted by Gasteiger charge is -1.88. The SMILES string of the molecule is C=C1OCCS1(=O)=O.C=C1S(=O)(=O)CCS1(=O)=O.C=C1SCCS1(=O)=O. The molecule has 0 aromatic rings. The minimum Gasteiger partial charge on any atom is -0.482 e. The molecule has 0 atom stereocenters. The number of ether oxygens (including phenoxy) is 1. The molecule has 3 aliphatic rings. The van der Waals surface area contributed by atoms with Crippen LogP contribution in [0.4, 0.5) is 0 Å². The van der Waals surface area contributed by atoms with Crippen LogP contribution in [0.3, 0.4) is 0 Å². The van der Waals surface area contributed by atoms with E-state index in [4.69, 9.17) is 0 Å². The van der Waals surface area contributed by atoms with Crippen LogP contribution in [0.1, 0.15) is 0 Å². The molecule has 0 aromatic heterocycles. The first-order valence-corrected chi connectivity index (χ1v) is 14.4. The van der Waals surface area contributed by atoms with Crippen molar-refractivity contribution in [2.75, 3.05) is 35.4 Å². The van der Waals surface area contributed by atoms with Gasteiger partial charge in [-0.3, -0.25) is 0 Å². The highest BCUT2D eigenvalue weighted by molar-refractivity contribution is 8.21. The van der Waals surface area contributed by atoms with E-state index in [1.807, 2.05) is 0 Å². The van der Waals surface area contributed by atoms with Crippen molar-refractivity contribution < 1.29 is 38.4 Å². The molecule has 3 fully saturated rings. The summed E-state index contributed by atoms with van der Waals surface area (Å²) in [5.74, 6) is 0.422. The highest BCUT2D eigenvalue weighted by atomic mass is 32.3. The van der Waals surface area contributed by atoms with Crippen molar-refractivity contribution in [1.82, 2.24) is 0 Å². The second-order valence-corrected chi connectivity index (χ2v) is 15.3. The first-order chi connectivity index (χ1) is 11.6. The summed E-state index contributed by atoms with van der Waals surface area (Å²) in [7, 11) is -12.9. The zero-order valence-electron chi connectivity index (χ0n) is 13.6. The molecule has 3 saturated heterocycles. The van der Waals surface area contributed by atoms with Gasteiger partial charge in [0.05, 0.1) is 27.2 Å². The summed E-state index contributed by atoms with van der Waals surface area (Å²) in [6.45, 7) is 9.83. The third-order valence-electron chi connectivity index (χ3n) is 3.24. The molecule has 0 amide bonds. The van der Waals surface area contributed by atoms with Crippen molar-refractivity contribution in [3.63, 3.8) is 0 Å². The van der Waals surface area contributed by atoms with Gasteiger partial charge in [0.1, 0.15) is 6.61 Å². The van der Waals surface area contributed by atoms with Crippen LogP contribution in [0.2, 0.25) is 0 Å². The molecule has 0 aliphatic carbocycles. The molecule has 0 unspecified atom stereocenters. The van der Waals surface area contributed by atoms with E-state index in [-0.39, 0.29) is 34.7 Å². The summed E-state index contributed by atoms with van der Waals surface area (Å²) in [6.07, 6.45) is 0. The number of hydrogen-bond acceptors (Lipinski definition) is 10. The third kappa shape index (κ3) is 5.84. The Labute approximate surface area is 157 Å². The van der Waals surface area contributed by atoms with E-state index in [0.29, 0.717) is 9.99 Å². The van der Waals surface area contributed by atoms with Crippen molar-refractivity contribution in [3.05, 3.63) is 33.3 Å². The van der Waals surface area contributed by atoms with Crippen molar-refractivity contribution in [2.45, 2.75) is 0 Å². The van der Waals surface area contributed by atoms with Crippen molar-refractivity contribution in [2.24, 2.45) is 0 Å². The van der Waals surface area contributed by atoms with E-state index in [0.717, 1.165) is 0 Å². The zero-order chi connectivity index (χ0) is 20.4. The number of sulfone groups is 4. The van der Waals surface area contributed by atoms with Crippen LogP contribution in [0.5, 0.6) is 0 Å². The molecule has 14 heteroatoms. The lowest BCUT2D eigenvalue weighted by Crippen LogP contribution is -2.00. The maximum absolute atomic E-state index is 10.7. The Bertz CT molecular complexity index is 944. The monoisotopic (exact) mass is 466 g/mol. The average Bonchev–Trinajstić information content (AvgIpc) is 3.04. The first-order valence-electron chi connectivity index (χ1n) is 6.85. The molecular weight excluding hydrogens is 448 g/mol. The molecular formula is C12H18O9S5. The predicted octanol–water partition coefficient (Wildman–Crippen LogP) is -0.177. The predicted molar refractivity (Wildman–Crippen MR) is 101 cm³/mol. The van der Waals surface area contributed by atoms with Crippen molar-refractivity contribution in [1.29, 1.82) is 0 Å². The lowest BCUT2D eigenvalue weighted by molar-refractivity contribution is 0.275. The fraction of sp³-hybridized carbons (Fsp3) is 0.500. The topological polar surface area (TPSA) is 146 Å². The number of hydrogen-bond donors (Lipinski definition) is 0. The van der Waals surface area contributed by atoms with E-state index < -0.39 is 43.6 Å². The molecule has 0 N–H and O–H groups in total. The summed E-state index contributed by atoms with van der Waals surface area (Å²) in [5, 5.41) is -0.0856. The molecule has 0 bridgehead atoms. The van der Waals surface area contributed by atoms with Crippen LogP contribution in [0.15, 0.2) is 33.3 Å². The fourth-order valence-corrected chi connectivity index (χ4v) is 9.51. The van der Waals surface area contributed by atoms with Crippen LogP contribution in [-0.4, -0.2) is 69.0 Å². The largest absolute Gasteiger partial charge is 0.482 e. The van der Waals surface area contributed by atoms with E-state index >= 15 is 0 Å². The van der Waals surface area contributed by atoms with Gasteiger partial charge in [-0.1, -0.05) is 13.2 Å². The Kier molecular flexibility index (Phi) is 7.18. The minimum absolute atomic E-state index is 0.0856. The Morgan fingerprint density at radius 2 is 1.19 bits per heavy atom. The number of rotatable bonds is 0. The van der Waals surface area contributed by atoms with Crippen LogP contribution < -0.4 is 0 Å². The standard InChI is InChI=1S/C4H6O4S2.C4H6O3S.C4H6O2S2/c1-4-9(5,6)2-3-10(4,7)8;2*1-4-7-2-3-8(4,5)6/h1-3H2;2*1-3H2. The Morgan fingerprint density at radius 1 is 0.692 bits per heavy atom. The summed E-state index contributed by atoms with van der Waals surface area (Å²) in [6, 6.07) is 0. The highest BCUT2D eigenvalue weighted by Crippen LogP contribution is 2.27. The van der Waals surface area contributed by atoms with Gasteiger partial charge in [0.2, 0.25) is 14.9 Å². The highest BCUT2D eigenvalue weighted by Gasteiger charge is 2.36. The van der Waals surface area contributed by atoms with Crippen LogP contribution in [-0.2, 0) is 44.1 Å². The van der Waals surface area contributed by atoms with Crippen molar-refractivity contribution >= 4 is 51.1 Å². The Balaban J connectivity index is 0.000000197. The molecule has 9 nitrogen and oxygen atoms in total. The van der Waals surface area contributed by atoms with E-state index in [1.54, 1.807) is 0 Å². The quantitative estimate of drug-likeness (QED) is 0.471. The van der Waals surface area contributed by atoms with Gasteiger partial charge in [-0.15, -0.1) is 11.8 Å². The molecule has 0 spiro atoms. The molecule has 0 saturated carbocycles. The molecule has 26 heavy (non-hydrogen) atoms. The summed E-state index contributed by atoms with van der Waals surface area (Å²) >= 11 is 1.32. The van der Waals surface area contributed by atoms with Gasteiger partial charge in [0.15, 0.2) is 33.7 Å². The van der Waals surface area contributed by atoms with E-state index in [1.165, 1.54) is 11.8 Å². The van der Waals surface area contributed by atoms with Crippen LogP contribution in [0.25, 0.3) is 0 Å². The lowest BCUT2D eigenvalue weighted by atomic mass is 10.9. The van der Waals surface area contributed by atoms with Gasteiger partial charge in [-0.2, -0.15) is 0 Å². The second-order valence-electron chi connectivity index (χ2n) is 5.09. The van der Waals surface area contributed by atoms with Gasteiger partial charge in [-0.25, -0.2) is 33.7 Å². The fourth-order valence-electron chi connectivity index (χ4n) is 1.58. The smallest absolute Gasteiger partial charge is 0.213 e. The average molecular weight is 467 g/mol. The number of thioether (sulfide) groups is 1. The summed E-state index contributed by atoms with van der Waals surface area (Å²) < 4.78 is 89.4. The van der Waals surface area contributed by atoms with Gasteiger partial charge >= 0.3 is 0 Å². The van der Waals surface area contributed by atoms with Gasteiger partial charge in [-0.05, 0) is 6.58 Å². The summed E-state index contributed by atoms with van der Waals surface area (Å²) in [5.41, 5.74) is 0. The second kappa shape index (κ2) is 8.04. The summed E-state index contributed by atoms with van der Waals surface area (Å²) in [4.78, 5) is 0. The molecule has 0 radical (unpaired) electrons. The molecule has 3 rings (SSSR count). The maximum Gasteiger partial charge on any atom is 0.213 e. The van der Waals surface area contributed by atoms with E-state index in [9.17, 15) is 33.7 Å². The zero-order valence-corrected chi connectivity index (χ0v) is 17.7. The van der Waals surface area contributed by atoms with E-state index in [2.05, 4.69) is 24.5 Å².